The number of nitrogens with zero attached hydrogens (tertiary/aromatic N) is 1. The molecule has 88 valence electrons. The largest absolute Gasteiger partial charge is 0.353 e. The smallest absolute Gasteiger partial charge is 0.234 e. The Morgan fingerprint density at radius 3 is 2.40 bits per heavy atom. The molecule has 0 saturated heterocycles. The SMILES string of the molecule is CC(=O)CCCN(C)CC(=O)NC(C)C. The van der Waals surface area contributed by atoms with Crippen LogP contribution >= 0.6 is 0 Å². The molecule has 4 nitrogen and oxygen atoms in total. The van der Waals surface area contributed by atoms with Crippen LogP contribution in [0, 0.1) is 0 Å². The molecule has 0 aliphatic heterocycles. The second-order valence-electron chi connectivity index (χ2n) is 4.27. The molecule has 0 rings (SSSR count). The number of likely N-dealkylation sites (N-methyl/N-ethyl adjacent to an activating group) is 1. The van der Waals surface area contributed by atoms with Crippen molar-refractivity contribution in [2.24, 2.45) is 0 Å². The van der Waals surface area contributed by atoms with Crippen molar-refractivity contribution in [3.8, 4) is 0 Å². The van der Waals surface area contributed by atoms with E-state index in [4.69, 9.17) is 0 Å². The number of hydrogen-bond donors (Lipinski definition) is 1. The predicted molar refractivity (Wildman–Crippen MR) is 60.7 cm³/mol. The van der Waals surface area contributed by atoms with E-state index < -0.39 is 0 Å². The highest BCUT2D eigenvalue weighted by atomic mass is 16.2. The third-order valence-electron chi connectivity index (χ3n) is 1.93. The highest BCUT2D eigenvalue weighted by Crippen LogP contribution is 1.93. The van der Waals surface area contributed by atoms with Gasteiger partial charge in [-0.1, -0.05) is 0 Å². The zero-order chi connectivity index (χ0) is 11.8. The van der Waals surface area contributed by atoms with Crippen molar-refractivity contribution in [1.82, 2.24) is 10.2 Å². The van der Waals surface area contributed by atoms with Crippen LogP contribution in [0.1, 0.15) is 33.6 Å². The summed E-state index contributed by atoms with van der Waals surface area (Å²) in [6.45, 7) is 6.65. The summed E-state index contributed by atoms with van der Waals surface area (Å²) in [4.78, 5) is 24.0. The second kappa shape index (κ2) is 7.40. The van der Waals surface area contributed by atoms with Crippen molar-refractivity contribution >= 4 is 11.7 Å². The first kappa shape index (κ1) is 14.1. The minimum Gasteiger partial charge on any atom is -0.353 e. The highest BCUT2D eigenvalue weighted by Gasteiger charge is 2.07. The molecular formula is C11H22N2O2. The van der Waals surface area contributed by atoms with Crippen LogP contribution in [0.4, 0.5) is 0 Å². The molecule has 1 N–H and O–H groups in total. The number of amides is 1. The van der Waals surface area contributed by atoms with Crippen molar-refractivity contribution in [3.63, 3.8) is 0 Å². The maximum absolute atomic E-state index is 11.3. The molecule has 0 aromatic heterocycles. The van der Waals surface area contributed by atoms with Gasteiger partial charge in [-0.2, -0.15) is 0 Å². The maximum atomic E-state index is 11.3. The van der Waals surface area contributed by atoms with Crippen molar-refractivity contribution in [1.29, 1.82) is 0 Å². The summed E-state index contributed by atoms with van der Waals surface area (Å²) in [6, 6.07) is 0.183. The van der Waals surface area contributed by atoms with E-state index in [0.717, 1.165) is 13.0 Å². The Bertz CT molecular complexity index is 215. The van der Waals surface area contributed by atoms with Crippen molar-refractivity contribution in [3.05, 3.63) is 0 Å². The number of hydrogen-bond acceptors (Lipinski definition) is 3. The molecule has 4 heteroatoms. The van der Waals surface area contributed by atoms with E-state index in [9.17, 15) is 9.59 Å². The van der Waals surface area contributed by atoms with Gasteiger partial charge in [0.2, 0.25) is 5.91 Å². The molecule has 0 radical (unpaired) electrons. The Kier molecular flexibility index (Phi) is 6.96. The van der Waals surface area contributed by atoms with Crippen molar-refractivity contribution in [2.45, 2.75) is 39.7 Å². The molecule has 0 aromatic rings. The maximum Gasteiger partial charge on any atom is 0.234 e. The quantitative estimate of drug-likeness (QED) is 0.682. The summed E-state index contributed by atoms with van der Waals surface area (Å²) in [5.74, 6) is 0.241. The van der Waals surface area contributed by atoms with E-state index in [1.807, 2.05) is 25.8 Å². The lowest BCUT2D eigenvalue weighted by Crippen LogP contribution is -2.38. The predicted octanol–water partition coefficient (Wildman–Crippen LogP) is 0.812. The molecule has 0 aliphatic rings. The van der Waals surface area contributed by atoms with Crippen molar-refractivity contribution < 1.29 is 9.59 Å². The summed E-state index contributed by atoms with van der Waals surface area (Å²) < 4.78 is 0. The molecule has 0 aliphatic carbocycles. The summed E-state index contributed by atoms with van der Waals surface area (Å²) in [7, 11) is 1.89. The first-order valence-corrected chi connectivity index (χ1v) is 5.39. The minimum absolute atomic E-state index is 0.0373. The van der Waals surface area contributed by atoms with E-state index in [1.54, 1.807) is 6.92 Å². The number of nitrogens with one attached hydrogen (secondary N) is 1. The van der Waals surface area contributed by atoms with Crippen LogP contribution in [0.3, 0.4) is 0 Å². The van der Waals surface area contributed by atoms with Crippen LogP contribution in [0.2, 0.25) is 0 Å². The third-order valence-corrected chi connectivity index (χ3v) is 1.93. The first-order valence-electron chi connectivity index (χ1n) is 5.39. The summed E-state index contributed by atoms with van der Waals surface area (Å²) in [5.41, 5.74) is 0. The average molecular weight is 214 g/mol. The van der Waals surface area contributed by atoms with Crippen LogP contribution in [-0.2, 0) is 9.59 Å². The highest BCUT2D eigenvalue weighted by molar-refractivity contribution is 5.78. The fraction of sp³-hybridized carbons (Fsp3) is 0.818. The Hall–Kier alpha value is -0.900. The molecule has 0 aromatic carbocycles. The molecular weight excluding hydrogens is 192 g/mol. The Morgan fingerprint density at radius 2 is 1.93 bits per heavy atom. The lowest BCUT2D eigenvalue weighted by atomic mass is 10.2. The van der Waals surface area contributed by atoms with Gasteiger partial charge in [-0.15, -0.1) is 0 Å². The van der Waals surface area contributed by atoms with Gasteiger partial charge in [-0.05, 0) is 40.8 Å². The van der Waals surface area contributed by atoms with E-state index >= 15 is 0 Å². The van der Waals surface area contributed by atoms with Crippen LogP contribution in [0.15, 0.2) is 0 Å². The van der Waals surface area contributed by atoms with Gasteiger partial charge >= 0.3 is 0 Å². The van der Waals surface area contributed by atoms with E-state index in [0.29, 0.717) is 13.0 Å². The van der Waals surface area contributed by atoms with E-state index in [2.05, 4.69) is 5.32 Å². The molecule has 0 heterocycles. The van der Waals surface area contributed by atoms with Crippen LogP contribution < -0.4 is 5.32 Å². The van der Waals surface area contributed by atoms with Gasteiger partial charge in [0.25, 0.3) is 0 Å². The number of carbonyl (C=O) groups excluding carboxylic acids is 2. The van der Waals surface area contributed by atoms with E-state index in [-0.39, 0.29) is 17.7 Å². The third kappa shape index (κ3) is 9.41. The monoisotopic (exact) mass is 214 g/mol. The number of ketones is 1. The number of Topliss-reactive ketones (excluding diaryl/α,β-unsaturated/α-hetero) is 1. The second-order valence-corrected chi connectivity index (χ2v) is 4.27. The topological polar surface area (TPSA) is 49.4 Å². The molecule has 0 saturated carbocycles. The zero-order valence-corrected chi connectivity index (χ0v) is 10.2. The van der Waals surface area contributed by atoms with Gasteiger partial charge in [0, 0.05) is 12.5 Å². The Balaban J connectivity index is 3.59. The molecule has 15 heavy (non-hydrogen) atoms. The van der Waals surface area contributed by atoms with Crippen molar-refractivity contribution in [2.75, 3.05) is 20.1 Å². The molecule has 1 amide bonds. The van der Waals surface area contributed by atoms with Crippen LogP contribution in [0.5, 0.6) is 0 Å². The standard InChI is InChI=1S/C11H22N2O2/c1-9(2)12-11(15)8-13(4)7-5-6-10(3)14/h9H,5-8H2,1-4H3,(H,12,15). The van der Waals surface area contributed by atoms with Gasteiger partial charge in [0.05, 0.1) is 6.54 Å². The summed E-state index contributed by atoms with van der Waals surface area (Å²) in [5, 5.41) is 2.83. The van der Waals surface area contributed by atoms with Gasteiger partial charge in [-0.25, -0.2) is 0 Å². The molecule has 0 unspecified atom stereocenters. The lowest BCUT2D eigenvalue weighted by Gasteiger charge is -2.16. The van der Waals surface area contributed by atoms with Gasteiger partial charge in [0.15, 0.2) is 0 Å². The fourth-order valence-corrected chi connectivity index (χ4v) is 1.29. The molecule has 0 bridgehead atoms. The normalized spacial score (nSPS) is 10.8. The fourth-order valence-electron chi connectivity index (χ4n) is 1.29. The number of carbonyl (C=O) groups is 2. The Labute approximate surface area is 92.0 Å². The number of rotatable bonds is 7. The lowest BCUT2D eigenvalue weighted by molar-refractivity contribution is -0.122. The average Bonchev–Trinajstić information content (AvgIpc) is 2.00. The van der Waals surface area contributed by atoms with Crippen LogP contribution in [-0.4, -0.2) is 42.8 Å². The summed E-state index contributed by atoms with van der Waals surface area (Å²) in [6.07, 6.45) is 1.41. The molecule has 0 atom stereocenters. The molecule has 0 spiro atoms. The first-order chi connectivity index (χ1) is 6.91. The van der Waals surface area contributed by atoms with Gasteiger partial charge < -0.3 is 10.1 Å². The zero-order valence-electron chi connectivity index (χ0n) is 10.2. The van der Waals surface area contributed by atoms with Gasteiger partial charge in [-0.3, -0.25) is 9.69 Å². The van der Waals surface area contributed by atoms with E-state index in [1.165, 1.54) is 0 Å². The summed E-state index contributed by atoms with van der Waals surface area (Å²) >= 11 is 0. The Morgan fingerprint density at radius 1 is 1.33 bits per heavy atom. The minimum atomic E-state index is 0.0373. The van der Waals surface area contributed by atoms with Gasteiger partial charge in [0.1, 0.15) is 5.78 Å². The van der Waals surface area contributed by atoms with Crippen LogP contribution in [0.25, 0.3) is 0 Å². The molecule has 0 fully saturated rings.